The molecule has 1 amide bonds. The van der Waals surface area contributed by atoms with Crippen LogP contribution in [0.3, 0.4) is 0 Å². The van der Waals surface area contributed by atoms with Crippen LogP contribution in [0, 0.1) is 5.92 Å². The van der Waals surface area contributed by atoms with E-state index in [1.165, 1.54) is 9.87 Å². The number of carbonyl (C=O) groups is 1. The molecule has 0 spiro atoms. The summed E-state index contributed by atoms with van der Waals surface area (Å²) < 4.78 is 27.6. The molecule has 1 saturated heterocycles. The Hall–Kier alpha value is -2.22. The van der Waals surface area contributed by atoms with Crippen molar-refractivity contribution < 1.29 is 13.2 Å². The van der Waals surface area contributed by atoms with Crippen molar-refractivity contribution in [2.75, 3.05) is 26.2 Å². The predicted molar refractivity (Wildman–Crippen MR) is 137 cm³/mol. The third kappa shape index (κ3) is 6.46. The molecular formula is C27H39N3O3S. The molecule has 2 aromatic carbocycles. The molecule has 1 heterocycles. The van der Waals surface area contributed by atoms with Crippen LogP contribution in [0.25, 0.3) is 0 Å². The minimum Gasteiger partial charge on any atom is -0.352 e. The lowest BCUT2D eigenvalue weighted by Gasteiger charge is -2.30. The van der Waals surface area contributed by atoms with Crippen LogP contribution < -0.4 is 5.32 Å². The number of nitrogens with one attached hydrogen (secondary N) is 1. The van der Waals surface area contributed by atoms with Crippen molar-refractivity contribution in [3.05, 3.63) is 65.2 Å². The lowest BCUT2D eigenvalue weighted by Crippen LogP contribution is -2.42. The summed E-state index contributed by atoms with van der Waals surface area (Å²) in [6.07, 6.45) is 1.08. The van der Waals surface area contributed by atoms with Gasteiger partial charge in [-0.2, -0.15) is 4.31 Å². The van der Waals surface area contributed by atoms with E-state index in [1.54, 1.807) is 12.1 Å². The summed E-state index contributed by atoms with van der Waals surface area (Å²) in [4.78, 5) is 15.5. The zero-order valence-electron chi connectivity index (χ0n) is 21.0. The van der Waals surface area contributed by atoms with Gasteiger partial charge in [-0.25, -0.2) is 8.42 Å². The highest BCUT2D eigenvalue weighted by atomic mass is 32.2. The maximum absolute atomic E-state index is 13.1. The van der Waals surface area contributed by atoms with Crippen molar-refractivity contribution in [1.82, 2.24) is 14.5 Å². The Labute approximate surface area is 205 Å². The molecule has 0 radical (unpaired) electrons. The first-order valence-electron chi connectivity index (χ1n) is 12.4. The first-order valence-corrected chi connectivity index (χ1v) is 13.9. The minimum atomic E-state index is -3.53. The molecule has 0 aromatic heterocycles. The summed E-state index contributed by atoms with van der Waals surface area (Å²) in [6.45, 7) is 12.6. The van der Waals surface area contributed by atoms with Gasteiger partial charge < -0.3 is 5.32 Å². The molecule has 186 valence electrons. The maximum Gasteiger partial charge on any atom is 0.243 e. The molecule has 0 atom stereocenters. The number of benzene rings is 2. The first kappa shape index (κ1) is 26.4. The molecule has 34 heavy (non-hydrogen) atoms. The lowest BCUT2D eigenvalue weighted by molar-refractivity contribution is -0.126. The summed E-state index contributed by atoms with van der Waals surface area (Å²) in [5, 5.41) is 3.09. The smallest absolute Gasteiger partial charge is 0.243 e. The highest BCUT2D eigenvalue weighted by molar-refractivity contribution is 7.89. The van der Waals surface area contributed by atoms with Gasteiger partial charge in [-0.3, -0.25) is 9.69 Å². The molecule has 1 aliphatic heterocycles. The Bertz CT molecular complexity index is 1040. The van der Waals surface area contributed by atoms with E-state index in [4.69, 9.17) is 0 Å². The minimum absolute atomic E-state index is 0.0102. The Morgan fingerprint density at radius 3 is 2.15 bits per heavy atom. The van der Waals surface area contributed by atoms with Gasteiger partial charge in [0, 0.05) is 32.1 Å². The van der Waals surface area contributed by atoms with Gasteiger partial charge in [-0.1, -0.05) is 64.1 Å². The second-order valence-corrected chi connectivity index (χ2v) is 11.3. The van der Waals surface area contributed by atoms with E-state index in [0.717, 1.165) is 30.8 Å². The van der Waals surface area contributed by atoms with E-state index < -0.39 is 10.0 Å². The van der Waals surface area contributed by atoms with Gasteiger partial charge >= 0.3 is 0 Å². The predicted octanol–water partition coefficient (Wildman–Crippen LogP) is 4.37. The van der Waals surface area contributed by atoms with Crippen molar-refractivity contribution in [3.63, 3.8) is 0 Å². The molecule has 6 nitrogen and oxygen atoms in total. The summed E-state index contributed by atoms with van der Waals surface area (Å²) >= 11 is 0. The molecule has 2 aromatic rings. The number of amides is 1. The second kappa shape index (κ2) is 12.0. The standard InChI is InChI=1S/C27H39N3O3S/c1-5-29(6-2)20-25-10-8-7-9-24(25)19-28-27(31)23-15-17-30(18-16-23)34(32,33)26-13-11-22(12-14-26)21(3)4/h7-14,21,23H,5-6,15-20H2,1-4H3,(H,28,31). The van der Waals surface area contributed by atoms with Crippen molar-refractivity contribution in [2.45, 2.75) is 64.4 Å². The van der Waals surface area contributed by atoms with Crippen molar-refractivity contribution in [3.8, 4) is 0 Å². The fraction of sp³-hybridized carbons (Fsp3) is 0.519. The Morgan fingerprint density at radius 1 is 1.00 bits per heavy atom. The third-order valence-electron chi connectivity index (χ3n) is 6.87. The summed E-state index contributed by atoms with van der Waals surface area (Å²) in [5.74, 6) is 0.205. The molecule has 0 aliphatic carbocycles. The second-order valence-electron chi connectivity index (χ2n) is 9.35. The third-order valence-corrected chi connectivity index (χ3v) is 8.78. The van der Waals surface area contributed by atoms with E-state index in [0.29, 0.717) is 43.3 Å². The highest BCUT2D eigenvalue weighted by Gasteiger charge is 2.32. The van der Waals surface area contributed by atoms with Gasteiger partial charge in [0.2, 0.25) is 15.9 Å². The van der Waals surface area contributed by atoms with Gasteiger partial charge in [0.05, 0.1) is 4.90 Å². The summed E-state index contributed by atoms with van der Waals surface area (Å²) in [6, 6.07) is 15.4. The average molecular weight is 486 g/mol. The SMILES string of the molecule is CCN(CC)Cc1ccccc1CNC(=O)C1CCN(S(=O)(=O)c2ccc(C(C)C)cc2)CC1. The van der Waals surface area contributed by atoms with Gasteiger partial charge in [0.1, 0.15) is 0 Å². The van der Waals surface area contributed by atoms with Crippen LogP contribution in [0.5, 0.6) is 0 Å². The first-order chi connectivity index (χ1) is 16.3. The zero-order chi connectivity index (χ0) is 24.7. The monoisotopic (exact) mass is 485 g/mol. The molecule has 7 heteroatoms. The highest BCUT2D eigenvalue weighted by Crippen LogP contribution is 2.25. The van der Waals surface area contributed by atoms with Gasteiger partial charge in [0.15, 0.2) is 0 Å². The van der Waals surface area contributed by atoms with E-state index in [2.05, 4.69) is 50.0 Å². The van der Waals surface area contributed by atoms with Crippen LogP contribution in [0.15, 0.2) is 53.4 Å². The van der Waals surface area contributed by atoms with E-state index in [9.17, 15) is 13.2 Å². The van der Waals surface area contributed by atoms with Gasteiger partial charge in [-0.15, -0.1) is 0 Å². The van der Waals surface area contributed by atoms with Gasteiger partial charge in [0.25, 0.3) is 0 Å². The molecule has 1 fully saturated rings. The van der Waals surface area contributed by atoms with Crippen molar-refractivity contribution in [1.29, 1.82) is 0 Å². The van der Waals surface area contributed by atoms with Crippen molar-refractivity contribution >= 4 is 15.9 Å². The van der Waals surface area contributed by atoms with Crippen LogP contribution in [0.2, 0.25) is 0 Å². The molecule has 3 rings (SSSR count). The normalized spacial score (nSPS) is 15.7. The molecule has 0 unspecified atom stereocenters. The zero-order valence-corrected chi connectivity index (χ0v) is 21.8. The Balaban J connectivity index is 1.55. The molecule has 1 aliphatic rings. The molecular weight excluding hydrogens is 446 g/mol. The van der Waals surface area contributed by atoms with E-state index in [1.807, 2.05) is 24.3 Å². The topological polar surface area (TPSA) is 69.7 Å². The van der Waals surface area contributed by atoms with E-state index >= 15 is 0 Å². The van der Waals surface area contributed by atoms with E-state index in [-0.39, 0.29) is 11.8 Å². The maximum atomic E-state index is 13.1. The number of nitrogens with zero attached hydrogens (tertiary/aromatic N) is 2. The summed E-state index contributed by atoms with van der Waals surface area (Å²) in [5.41, 5.74) is 3.48. The largest absolute Gasteiger partial charge is 0.352 e. The fourth-order valence-corrected chi connectivity index (χ4v) is 5.90. The number of hydrogen-bond acceptors (Lipinski definition) is 4. The average Bonchev–Trinajstić information content (AvgIpc) is 2.86. The molecule has 0 saturated carbocycles. The number of sulfonamides is 1. The molecule has 0 bridgehead atoms. The quantitative estimate of drug-likeness (QED) is 0.543. The Morgan fingerprint density at radius 2 is 1.59 bits per heavy atom. The number of hydrogen-bond donors (Lipinski definition) is 1. The molecule has 1 N–H and O–H groups in total. The number of carbonyl (C=O) groups excluding carboxylic acids is 1. The fourth-order valence-electron chi connectivity index (χ4n) is 4.43. The van der Waals surface area contributed by atoms with Crippen LogP contribution in [-0.4, -0.2) is 49.7 Å². The van der Waals surface area contributed by atoms with Gasteiger partial charge in [-0.05, 0) is 60.7 Å². The number of piperidine rings is 1. The van der Waals surface area contributed by atoms with Crippen LogP contribution in [0.4, 0.5) is 0 Å². The van der Waals surface area contributed by atoms with Crippen LogP contribution in [-0.2, 0) is 27.9 Å². The Kier molecular flexibility index (Phi) is 9.28. The van der Waals surface area contributed by atoms with Crippen LogP contribution >= 0.6 is 0 Å². The lowest BCUT2D eigenvalue weighted by atomic mass is 9.97. The van der Waals surface area contributed by atoms with Crippen LogP contribution in [0.1, 0.15) is 63.1 Å². The summed E-state index contributed by atoms with van der Waals surface area (Å²) in [7, 11) is -3.53. The number of rotatable bonds is 10. The van der Waals surface area contributed by atoms with Crippen molar-refractivity contribution in [2.24, 2.45) is 5.92 Å².